The first-order chi connectivity index (χ1) is 9.85. The van der Waals surface area contributed by atoms with Crippen molar-refractivity contribution in [1.29, 1.82) is 0 Å². The number of likely N-dealkylation sites (tertiary alicyclic amines) is 1. The summed E-state index contributed by atoms with van der Waals surface area (Å²) in [6.07, 6.45) is 1.71. The van der Waals surface area contributed by atoms with E-state index in [1.807, 2.05) is 13.8 Å². The Balaban J connectivity index is 2.63. The zero-order chi connectivity index (χ0) is 16.0. The number of carbonyl (C=O) groups is 3. The first-order valence-corrected chi connectivity index (χ1v) is 7.21. The number of methoxy groups -OCH3 is 1. The lowest BCUT2D eigenvalue weighted by Crippen LogP contribution is -2.52. The zero-order valence-electron chi connectivity index (χ0n) is 12.8. The van der Waals surface area contributed by atoms with E-state index in [9.17, 15) is 14.4 Å². The maximum Gasteiger partial charge on any atom is 0.328 e. The molecule has 2 amide bonds. The van der Waals surface area contributed by atoms with Gasteiger partial charge in [0.1, 0.15) is 6.04 Å². The van der Waals surface area contributed by atoms with Crippen molar-refractivity contribution in [3.8, 4) is 0 Å². The molecule has 0 aromatic carbocycles. The van der Waals surface area contributed by atoms with Crippen LogP contribution in [-0.2, 0) is 14.3 Å². The Bertz CT molecular complexity index is 397. The monoisotopic (exact) mass is 300 g/mol. The average molecular weight is 300 g/mol. The highest BCUT2D eigenvalue weighted by atomic mass is 16.5. The van der Waals surface area contributed by atoms with Gasteiger partial charge in [0, 0.05) is 13.1 Å². The van der Waals surface area contributed by atoms with E-state index in [4.69, 9.17) is 9.84 Å². The van der Waals surface area contributed by atoms with Crippen LogP contribution in [0.3, 0.4) is 0 Å². The third kappa shape index (κ3) is 5.24. The van der Waals surface area contributed by atoms with E-state index in [1.165, 1.54) is 12.0 Å². The van der Waals surface area contributed by atoms with Crippen LogP contribution in [0, 0.1) is 11.8 Å². The van der Waals surface area contributed by atoms with Gasteiger partial charge in [-0.05, 0) is 25.2 Å². The molecule has 1 aliphatic heterocycles. The summed E-state index contributed by atoms with van der Waals surface area (Å²) in [6.45, 7) is 4.58. The van der Waals surface area contributed by atoms with E-state index in [-0.39, 0.29) is 12.5 Å². The maximum atomic E-state index is 12.2. The van der Waals surface area contributed by atoms with E-state index < -0.39 is 29.9 Å². The Kier molecular flexibility index (Phi) is 6.45. The van der Waals surface area contributed by atoms with Crippen LogP contribution >= 0.6 is 0 Å². The van der Waals surface area contributed by atoms with Crippen molar-refractivity contribution in [2.24, 2.45) is 11.8 Å². The smallest absolute Gasteiger partial charge is 0.328 e. The first kappa shape index (κ1) is 17.3. The van der Waals surface area contributed by atoms with Gasteiger partial charge >= 0.3 is 18.0 Å². The number of esters is 1. The second-order valence-corrected chi connectivity index (χ2v) is 5.78. The van der Waals surface area contributed by atoms with E-state index in [0.29, 0.717) is 25.8 Å². The number of aliphatic carboxylic acids is 1. The predicted molar refractivity (Wildman–Crippen MR) is 75.7 cm³/mol. The molecular weight excluding hydrogens is 276 g/mol. The van der Waals surface area contributed by atoms with E-state index in [1.54, 1.807) is 0 Å². The highest BCUT2D eigenvalue weighted by molar-refractivity contribution is 5.84. The van der Waals surface area contributed by atoms with E-state index >= 15 is 0 Å². The number of nitrogens with one attached hydrogen (secondary N) is 1. The minimum atomic E-state index is -0.890. The topological polar surface area (TPSA) is 95.9 Å². The van der Waals surface area contributed by atoms with Gasteiger partial charge in [0.15, 0.2) is 0 Å². The second-order valence-electron chi connectivity index (χ2n) is 5.78. The van der Waals surface area contributed by atoms with Crippen LogP contribution < -0.4 is 5.32 Å². The molecule has 2 atom stereocenters. The standard InChI is InChI=1S/C14H24N2O5/c1-9(2)7-11(13(19)21-3)15-14(20)16-6-4-5-10(8-16)12(17)18/h9-11H,4-8H2,1-3H3,(H,15,20)(H,17,18)/t10-,11?/m1/s1. The normalized spacial score (nSPS) is 20.0. The lowest BCUT2D eigenvalue weighted by molar-refractivity contribution is -0.144. The van der Waals surface area contributed by atoms with Gasteiger partial charge < -0.3 is 20.1 Å². The van der Waals surface area contributed by atoms with Gasteiger partial charge in [-0.2, -0.15) is 0 Å². The molecule has 1 aliphatic rings. The van der Waals surface area contributed by atoms with Crippen LogP contribution in [-0.4, -0.2) is 54.2 Å². The maximum absolute atomic E-state index is 12.2. The summed E-state index contributed by atoms with van der Waals surface area (Å²) in [5.74, 6) is -1.68. The molecule has 120 valence electrons. The van der Waals surface area contributed by atoms with Gasteiger partial charge in [-0.3, -0.25) is 4.79 Å². The van der Waals surface area contributed by atoms with Crippen molar-refractivity contribution < 1.29 is 24.2 Å². The minimum Gasteiger partial charge on any atom is -0.481 e. The number of hydrogen-bond acceptors (Lipinski definition) is 4. The summed E-state index contributed by atoms with van der Waals surface area (Å²) in [7, 11) is 1.28. The largest absolute Gasteiger partial charge is 0.481 e. The third-order valence-corrected chi connectivity index (χ3v) is 3.55. The Hall–Kier alpha value is -1.79. The number of carbonyl (C=O) groups excluding carboxylic acids is 2. The molecule has 1 rings (SSSR count). The number of piperidine rings is 1. The van der Waals surface area contributed by atoms with Gasteiger partial charge in [-0.25, -0.2) is 9.59 Å². The van der Waals surface area contributed by atoms with Crippen LogP contribution in [0.5, 0.6) is 0 Å². The molecule has 1 saturated heterocycles. The van der Waals surface area contributed by atoms with E-state index in [0.717, 1.165) is 0 Å². The molecule has 0 spiro atoms. The van der Waals surface area contributed by atoms with Crippen molar-refractivity contribution in [3.05, 3.63) is 0 Å². The van der Waals surface area contributed by atoms with Crippen molar-refractivity contribution in [2.75, 3.05) is 20.2 Å². The molecule has 0 aromatic rings. The van der Waals surface area contributed by atoms with Gasteiger partial charge in [0.25, 0.3) is 0 Å². The SMILES string of the molecule is COC(=O)C(CC(C)C)NC(=O)N1CCC[C@@H](C(=O)O)C1. The summed E-state index contributed by atoms with van der Waals surface area (Å²) in [6, 6.07) is -1.11. The van der Waals surface area contributed by atoms with Crippen LogP contribution in [0.25, 0.3) is 0 Å². The first-order valence-electron chi connectivity index (χ1n) is 7.21. The fraction of sp³-hybridized carbons (Fsp3) is 0.786. The molecule has 1 fully saturated rings. The molecule has 2 N–H and O–H groups in total. The van der Waals surface area contributed by atoms with Gasteiger partial charge in [-0.1, -0.05) is 13.8 Å². The number of urea groups is 1. The molecule has 1 unspecified atom stereocenters. The van der Waals surface area contributed by atoms with Crippen molar-refractivity contribution >= 4 is 18.0 Å². The molecule has 0 aliphatic carbocycles. The van der Waals surface area contributed by atoms with Gasteiger partial charge in [-0.15, -0.1) is 0 Å². The highest BCUT2D eigenvalue weighted by Gasteiger charge is 2.30. The third-order valence-electron chi connectivity index (χ3n) is 3.55. The number of hydrogen-bond donors (Lipinski definition) is 2. The molecule has 0 aromatic heterocycles. The van der Waals surface area contributed by atoms with Crippen LogP contribution in [0.4, 0.5) is 4.79 Å². The fourth-order valence-corrected chi connectivity index (χ4v) is 2.43. The van der Waals surface area contributed by atoms with Crippen molar-refractivity contribution in [2.45, 2.75) is 39.2 Å². The Morgan fingerprint density at radius 1 is 1.38 bits per heavy atom. The Morgan fingerprint density at radius 2 is 2.05 bits per heavy atom. The number of nitrogens with zero attached hydrogens (tertiary/aromatic N) is 1. The summed E-state index contributed by atoms with van der Waals surface area (Å²) in [4.78, 5) is 36.4. The molecule has 21 heavy (non-hydrogen) atoms. The lowest BCUT2D eigenvalue weighted by atomic mass is 9.98. The lowest BCUT2D eigenvalue weighted by Gasteiger charge is -2.32. The van der Waals surface area contributed by atoms with Gasteiger partial charge in [0.05, 0.1) is 13.0 Å². The quantitative estimate of drug-likeness (QED) is 0.741. The number of rotatable bonds is 5. The number of amides is 2. The summed E-state index contributed by atoms with van der Waals surface area (Å²) < 4.78 is 4.69. The van der Waals surface area contributed by atoms with Crippen LogP contribution in [0.2, 0.25) is 0 Å². The Labute approximate surface area is 124 Å². The number of carboxylic acid groups (broad SMARTS) is 1. The predicted octanol–water partition coefficient (Wildman–Crippen LogP) is 1.08. The van der Waals surface area contributed by atoms with E-state index in [2.05, 4.69) is 5.32 Å². The highest BCUT2D eigenvalue weighted by Crippen LogP contribution is 2.17. The van der Waals surface area contributed by atoms with Crippen molar-refractivity contribution in [1.82, 2.24) is 10.2 Å². The fourth-order valence-electron chi connectivity index (χ4n) is 2.43. The minimum absolute atomic E-state index is 0.177. The van der Waals surface area contributed by atoms with Gasteiger partial charge in [0.2, 0.25) is 0 Å². The summed E-state index contributed by atoms with van der Waals surface area (Å²) in [5, 5.41) is 11.7. The second kappa shape index (κ2) is 7.85. The molecule has 0 bridgehead atoms. The molecule has 1 heterocycles. The molecule has 0 radical (unpaired) electrons. The number of carboxylic acids is 1. The zero-order valence-corrected chi connectivity index (χ0v) is 12.8. The molecule has 7 heteroatoms. The van der Waals surface area contributed by atoms with Crippen LogP contribution in [0.1, 0.15) is 33.1 Å². The molecule has 0 saturated carbocycles. The van der Waals surface area contributed by atoms with Crippen LogP contribution in [0.15, 0.2) is 0 Å². The number of ether oxygens (including phenoxy) is 1. The summed E-state index contributed by atoms with van der Waals surface area (Å²) in [5.41, 5.74) is 0. The Morgan fingerprint density at radius 3 is 2.57 bits per heavy atom. The summed E-state index contributed by atoms with van der Waals surface area (Å²) >= 11 is 0. The van der Waals surface area contributed by atoms with Crippen molar-refractivity contribution in [3.63, 3.8) is 0 Å². The molecular formula is C14H24N2O5. The average Bonchev–Trinajstić information content (AvgIpc) is 2.45. The molecule has 7 nitrogen and oxygen atoms in total.